The summed E-state index contributed by atoms with van der Waals surface area (Å²) in [5.41, 5.74) is -0.542. The number of ether oxygens (including phenoxy) is 2. The van der Waals surface area contributed by atoms with Gasteiger partial charge in [-0.05, 0) is 63.1 Å². The first-order chi connectivity index (χ1) is 30.6. The van der Waals surface area contributed by atoms with Gasteiger partial charge in [0.15, 0.2) is 0 Å². The number of rotatable bonds is 23. The molecule has 0 saturated carbocycles. The molecule has 386 valence electrons. The number of halogens is 17. The van der Waals surface area contributed by atoms with Crippen molar-refractivity contribution in [1.29, 1.82) is 0 Å². The van der Waals surface area contributed by atoms with Gasteiger partial charge >= 0.3 is 59.7 Å². The zero-order chi connectivity index (χ0) is 52.7. The molecule has 0 aliphatic rings. The Balaban J connectivity index is 2.10. The lowest BCUT2D eigenvalue weighted by Crippen LogP contribution is -2.74. The number of alkyl halides is 17. The van der Waals surface area contributed by atoms with Crippen molar-refractivity contribution in [1.82, 2.24) is 16.0 Å². The highest BCUT2D eigenvalue weighted by molar-refractivity contribution is 5.82. The molecule has 68 heavy (non-hydrogen) atoms. The molecular formula is C42H48F17N3O6. The van der Waals surface area contributed by atoms with Crippen LogP contribution in [0.15, 0.2) is 54.6 Å². The number of esters is 1. The Morgan fingerprint density at radius 3 is 1.56 bits per heavy atom. The van der Waals surface area contributed by atoms with Crippen LogP contribution in [0.25, 0.3) is 0 Å². The highest BCUT2D eigenvalue weighted by Gasteiger charge is 2.95. The Morgan fingerprint density at radius 1 is 0.588 bits per heavy atom. The molecule has 0 aromatic heterocycles. The monoisotopic (exact) mass is 1010 g/mol. The van der Waals surface area contributed by atoms with E-state index in [0.29, 0.717) is 5.56 Å². The van der Waals surface area contributed by atoms with Crippen LogP contribution in [0.2, 0.25) is 0 Å². The Hall–Kier alpha value is -5.07. The van der Waals surface area contributed by atoms with E-state index in [4.69, 9.17) is 9.47 Å². The van der Waals surface area contributed by atoms with Crippen LogP contribution in [-0.4, -0.2) is 95.7 Å². The lowest BCUT2D eigenvalue weighted by molar-refractivity contribution is -0.461. The van der Waals surface area contributed by atoms with E-state index >= 15 is 0 Å². The van der Waals surface area contributed by atoms with E-state index in [1.54, 1.807) is 71.9 Å². The Bertz CT molecular complexity index is 2010. The molecule has 0 aliphatic heterocycles. The van der Waals surface area contributed by atoms with E-state index < -0.39 is 127 Å². The fraction of sp³-hybridized carbons (Fsp3) is 0.619. The van der Waals surface area contributed by atoms with Gasteiger partial charge in [0.1, 0.15) is 12.2 Å². The molecule has 9 nitrogen and oxygen atoms in total. The SMILES string of the molecule is CC(C)[C@H](CNC(=O)OC(C)(C)C)C(=O)N[C@H](C)CC(=O)N[C@H](CC(=O)OCc1ccc(CCC(F)(F)C(F)(F)C(F)(F)C(F)(F)C(F)(F)C(F)(F)C(F)(F)C(F)(F)F)cc1)Cc1ccccc1. The molecule has 0 saturated heterocycles. The predicted octanol–water partition coefficient (Wildman–Crippen LogP) is 10.5. The first-order valence-corrected chi connectivity index (χ1v) is 20.2. The van der Waals surface area contributed by atoms with Crippen LogP contribution >= 0.6 is 0 Å². The zero-order valence-electron chi connectivity index (χ0n) is 36.8. The molecule has 0 unspecified atom stereocenters. The standard InChI is InChI=1S/C42H48F17N3O6/c1-23(2)29(21-60-33(66)68-34(4,5)6)32(65)61-24(3)18-30(63)62-28(19-26-10-8-7-9-11-26)20-31(64)67-22-27-14-12-25(13-15-27)16-17-35(43,44)36(45,46)37(47,48)38(49,50)39(51,52)40(53,54)41(55,56)42(57,58)59/h7-15,23-24,28-29H,16-22H2,1-6H3,(H,60,66)(H,61,65)(H,62,63)/t24-,28+,29+/m1/s1. The summed E-state index contributed by atoms with van der Waals surface area (Å²) in [5.74, 6) is -59.8. The number of hydrogen-bond acceptors (Lipinski definition) is 6. The fourth-order valence-corrected chi connectivity index (χ4v) is 6.06. The molecule has 3 atom stereocenters. The fourth-order valence-electron chi connectivity index (χ4n) is 6.06. The number of alkyl carbamates (subject to hydrolysis) is 1. The van der Waals surface area contributed by atoms with Crippen molar-refractivity contribution < 1.29 is 103 Å². The van der Waals surface area contributed by atoms with Crippen molar-refractivity contribution in [3.63, 3.8) is 0 Å². The van der Waals surface area contributed by atoms with Gasteiger partial charge in [0.25, 0.3) is 0 Å². The minimum atomic E-state index is -8.71. The van der Waals surface area contributed by atoms with Crippen LogP contribution in [0.1, 0.15) is 77.5 Å². The molecule has 0 bridgehead atoms. The quantitative estimate of drug-likeness (QED) is 0.0753. The number of hydrogen-bond donors (Lipinski definition) is 3. The first kappa shape index (κ1) is 59.1. The van der Waals surface area contributed by atoms with E-state index in [2.05, 4.69) is 16.0 Å². The molecular weight excluding hydrogens is 965 g/mol. The molecule has 0 heterocycles. The number of benzene rings is 2. The van der Waals surface area contributed by atoms with Gasteiger partial charge in [0.2, 0.25) is 11.8 Å². The number of nitrogens with one attached hydrogen (secondary N) is 3. The highest BCUT2D eigenvalue weighted by Crippen LogP contribution is 2.64. The van der Waals surface area contributed by atoms with Crippen molar-refractivity contribution in [2.45, 2.75) is 146 Å². The van der Waals surface area contributed by atoms with Crippen LogP contribution in [0.5, 0.6) is 0 Å². The van der Waals surface area contributed by atoms with E-state index in [1.165, 1.54) is 0 Å². The maximum absolute atomic E-state index is 14.4. The van der Waals surface area contributed by atoms with Gasteiger partial charge in [-0.3, -0.25) is 14.4 Å². The maximum atomic E-state index is 14.4. The maximum Gasteiger partial charge on any atom is 0.460 e. The minimum Gasteiger partial charge on any atom is -0.461 e. The van der Waals surface area contributed by atoms with Crippen molar-refractivity contribution in [3.05, 3.63) is 71.3 Å². The molecule has 3 N–H and O–H groups in total. The summed E-state index contributed by atoms with van der Waals surface area (Å²) in [4.78, 5) is 51.2. The van der Waals surface area contributed by atoms with E-state index in [0.717, 1.165) is 24.3 Å². The van der Waals surface area contributed by atoms with Gasteiger partial charge in [0.05, 0.1) is 12.3 Å². The van der Waals surface area contributed by atoms with Gasteiger partial charge in [0, 0.05) is 31.5 Å². The second-order valence-corrected chi connectivity index (χ2v) is 17.1. The Labute approximate surface area is 378 Å². The third-order valence-electron chi connectivity index (χ3n) is 9.93. The third kappa shape index (κ3) is 14.0. The largest absolute Gasteiger partial charge is 0.461 e. The smallest absolute Gasteiger partial charge is 0.460 e. The Morgan fingerprint density at radius 2 is 1.07 bits per heavy atom. The summed E-state index contributed by atoms with van der Waals surface area (Å²) in [6.45, 7) is 9.38. The minimum absolute atomic E-state index is 0.0541. The molecule has 0 aliphatic carbocycles. The molecule has 26 heteroatoms. The van der Waals surface area contributed by atoms with Crippen molar-refractivity contribution in [2.24, 2.45) is 11.8 Å². The number of aryl methyl sites for hydroxylation is 1. The van der Waals surface area contributed by atoms with Crippen LogP contribution in [0.4, 0.5) is 79.4 Å². The van der Waals surface area contributed by atoms with Crippen molar-refractivity contribution >= 4 is 23.9 Å². The zero-order valence-corrected chi connectivity index (χ0v) is 36.8. The van der Waals surface area contributed by atoms with E-state index in [-0.39, 0.29) is 30.9 Å². The lowest BCUT2D eigenvalue weighted by Gasteiger charge is -2.42. The summed E-state index contributed by atoms with van der Waals surface area (Å²) in [6, 6.07) is 10.5. The molecule has 0 spiro atoms. The van der Waals surface area contributed by atoms with Gasteiger partial charge in [-0.1, -0.05) is 68.4 Å². The van der Waals surface area contributed by atoms with Gasteiger partial charge < -0.3 is 25.4 Å². The number of amides is 3. The van der Waals surface area contributed by atoms with Crippen LogP contribution < -0.4 is 16.0 Å². The van der Waals surface area contributed by atoms with Gasteiger partial charge in [-0.2, -0.15) is 74.6 Å². The van der Waals surface area contributed by atoms with Crippen LogP contribution in [-0.2, 0) is 43.3 Å². The van der Waals surface area contributed by atoms with Crippen molar-refractivity contribution in [3.8, 4) is 0 Å². The third-order valence-corrected chi connectivity index (χ3v) is 9.93. The highest BCUT2D eigenvalue weighted by atomic mass is 19.4. The topological polar surface area (TPSA) is 123 Å². The predicted molar refractivity (Wildman–Crippen MR) is 207 cm³/mol. The Kier molecular flexibility index (Phi) is 18.8. The number of carbonyl (C=O) groups is 4. The summed E-state index contributed by atoms with van der Waals surface area (Å²) < 4.78 is 242. The molecule has 0 radical (unpaired) electrons. The summed E-state index contributed by atoms with van der Waals surface area (Å²) >= 11 is 0. The van der Waals surface area contributed by atoms with Crippen LogP contribution in [0.3, 0.4) is 0 Å². The first-order valence-electron chi connectivity index (χ1n) is 20.2. The average Bonchev–Trinajstić information content (AvgIpc) is 3.18. The molecule has 2 aromatic carbocycles. The van der Waals surface area contributed by atoms with E-state index in [9.17, 15) is 93.8 Å². The van der Waals surface area contributed by atoms with E-state index in [1.807, 2.05) is 0 Å². The lowest BCUT2D eigenvalue weighted by atomic mass is 9.87. The van der Waals surface area contributed by atoms with Crippen LogP contribution in [0, 0.1) is 11.8 Å². The normalized spacial score (nSPS) is 15.0. The molecule has 3 amide bonds. The summed E-state index contributed by atoms with van der Waals surface area (Å²) in [6.07, 6.45) is -13.3. The molecule has 2 aromatic rings. The second-order valence-electron chi connectivity index (χ2n) is 17.1. The van der Waals surface area contributed by atoms with Gasteiger partial charge in [-0.25, -0.2) is 4.79 Å². The second kappa shape index (κ2) is 21.7. The number of carbonyl (C=O) groups excluding carboxylic acids is 4. The molecule has 2 rings (SSSR count). The molecule has 0 fully saturated rings. The summed E-state index contributed by atoms with van der Waals surface area (Å²) in [5, 5.41) is 7.94. The average molecular weight is 1010 g/mol. The van der Waals surface area contributed by atoms with Crippen molar-refractivity contribution in [2.75, 3.05) is 6.54 Å². The van der Waals surface area contributed by atoms with Gasteiger partial charge in [-0.15, -0.1) is 0 Å². The summed E-state index contributed by atoms with van der Waals surface area (Å²) in [7, 11) is 0.